The third kappa shape index (κ3) is 2.40. The number of hydrogen-bond acceptors (Lipinski definition) is 3. The molecular weight excluding hydrogens is 192 g/mol. The van der Waals surface area contributed by atoms with Crippen LogP contribution in [0.1, 0.15) is 39.5 Å². The maximum atomic E-state index is 10.7. The molecule has 0 radical (unpaired) electrons. The minimum absolute atomic E-state index is 0.132. The molecule has 1 aliphatic heterocycles. The summed E-state index contributed by atoms with van der Waals surface area (Å²) in [5.41, 5.74) is 0.132. The van der Waals surface area contributed by atoms with Gasteiger partial charge in [0.1, 0.15) is 6.29 Å². The van der Waals surface area contributed by atoms with E-state index in [4.69, 9.17) is 9.47 Å². The highest BCUT2D eigenvalue weighted by atomic mass is 16.7. The molecular formula is C12H20O3. The topological polar surface area (TPSA) is 35.5 Å². The van der Waals surface area contributed by atoms with Gasteiger partial charge in [0.25, 0.3) is 0 Å². The van der Waals surface area contributed by atoms with E-state index in [1.54, 1.807) is 0 Å². The van der Waals surface area contributed by atoms with Crippen molar-refractivity contribution in [2.24, 2.45) is 11.3 Å². The van der Waals surface area contributed by atoms with Crippen LogP contribution in [0.15, 0.2) is 0 Å². The smallest absolute Gasteiger partial charge is 0.168 e. The van der Waals surface area contributed by atoms with Gasteiger partial charge in [0.05, 0.1) is 13.2 Å². The molecule has 0 unspecified atom stereocenters. The first-order valence-electron chi connectivity index (χ1n) is 5.79. The zero-order valence-corrected chi connectivity index (χ0v) is 9.62. The van der Waals surface area contributed by atoms with E-state index in [1.165, 1.54) is 0 Å². The first-order valence-corrected chi connectivity index (χ1v) is 5.79. The van der Waals surface area contributed by atoms with E-state index in [-0.39, 0.29) is 17.1 Å². The molecule has 3 heteroatoms. The van der Waals surface area contributed by atoms with E-state index in [2.05, 4.69) is 13.8 Å². The Kier molecular flexibility index (Phi) is 2.86. The number of carbonyl (C=O) groups excluding carboxylic acids is 1. The lowest BCUT2D eigenvalue weighted by Gasteiger charge is -2.46. The zero-order chi connectivity index (χ0) is 10.9. The molecule has 15 heavy (non-hydrogen) atoms. The van der Waals surface area contributed by atoms with Crippen LogP contribution in [0.3, 0.4) is 0 Å². The van der Waals surface area contributed by atoms with Crippen molar-refractivity contribution in [1.82, 2.24) is 0 Å². The summed E-state index contributed by atoms with van der Waals surface area (Å²) in [7, 11) is 0. The summed E-state index contributed by atoms with van der Waals surface area (Å²) in [6, 6.07) is 0. The Hall–Kier alpha value is -0.410. The summed E-state index contributed by atoms with van der Waals surface area (Å²) in [5.74, 6) is -0.146. The Morgan fingerprint density at radius 1 is 1.13 bits per heavy atom. The van der Waals surface area contributed by atoms with Gasteiger partial charge in [0.2, 0.25) is 0 Å². The van der Waals surface area contributed by atoms with E-state index in [1.807, 2.05) is 0 Å². The summed E-state index contributed by atoms with van der Waals surface area (Å²) < 4.78 is 11.8. The molecule has 0 amide bonds. The Labute approximate surface area is 91.1 Å². The summed E-state index contributed by atoms with van der Waals surface area (Å²) in [6.45, 7) is 5.82. The number of carbonyl (C=O) groups is 1. The molecule has 0 aromatic heterocycles. The van der Waals surface area contributed by atoms with Crippen LogP contribution < -0.4 is 0 Å². The molecule has 1 aliphatic carbocycles. The highest BCUT2D eigenvalue weighted by Crippen LogP contribution is 2.40. The number of rotatable bonds is 1. The van der Waals surface area contributed by atoms with Gasteiger partial charge in [0, 0.05) is 24.2 Å². The largest absolute Gasteiger partial charge is 0.349 e. The van der Waals surface area contributed by atoms with Crippen molar-refractivity contribution in [3.8, 4) is 0 Å². The quantitative estimate of drug-likeness (QED) is 0.625. The van der Waals surface area contributed by atoms with Crippen molar-refractivity contribution in [2.75, 3.05) is 13.2 Å². The summed E-state index contributed by atoms with van der Waals surface area (Å²) >= 11 is 0. The Morgan fingerprint density at radius 2 is 1.67 bits per heavy atom. The normalized spacial score (nSPS) is 30.3. The van der Waals surface area contributed by atoms with Crippen molar-refractivity contribution in [2.45, 2.75) is 45.3 Å². The maximum Gasteiger partial charge on any atom is 0.168 e. The highest BCUT2D eigenvalue weighted by Gasteiger charge is 2.42. The molecule has 2 rings (SSSR count). The van der Waals surface area contributed by atoms with Gasteiger partial charge < -0.3 is 14.3 Å². The lowest BCUT2D eigenvalue weighted by atomic mass is 9.84. The van der Waals surface area contributed by atoms with E-state index in [0.29, 0.717) is 0 Å². The predicted octanol–water partition coefficient (Wildman–Crippen LogP) is 2.14. The minimum atomic E-state index is -0.366. The second kappa shape index (κ2) is 3.87. The molecule has 0 aromatic rings. The second-order valence-electron chi connectivity index (χ2n) is 5.63. The van der Waals surface area contributed by atoms with E-state index in [9.17, 15) is 4.79 Å². The molecule has 0 atom stereocenters. The monoisotopic (exact) mass is 212 g/mol. The SMILES string of the molecule is CC1(C)COC2(CCC(C=O)CC2)OC1. The molecule has 1 heterocycles. The Morgan fingerprint density at radius 3 is 2.13 bits per heavy atom. The zero-order valence-electron chi connectivity index (χ0n) is 9.62. The van der Waals surface area contributed by atoms with Crippen molar-refractivity contribution in [1.29, 1.82) is 0 Å². The van der Waals surface area contributed by atoms with Crippen LogP contribution in [-0.2, 0) is 14.3 Å². The first-order chi connectivity index (χ1) is 7.05. The van der Waals surface area contributed by atoms with Gasteiger partial charge in [-0.2, -0.15) is 0 Å². The first kappa shape index (κ1) is 11.1. The molecule has 1 spiro atoms. The van der Waals surface area contributed by atoms with E-state index in [0.717, 1.165) is 45.2 Å². The van der Waals surface area contributed by atoms with Crippen molar-refractivity contribution in [3.05, 3.63) is 0 Å². The van der Waals surface area contributed by atoms with E-state index >= 15 is 0 Å². The van der Waals surface area contributed by atoms with Crippen LogP contribution in [0.25, 0.3) is 0 Å². The summed E-state index contributed by atoms with van der Waals surface area (Å²) in [6.07, 6.45) is 4.62. The highest BCUT2D eigenvalue weighted by molar-refractivity contribution is 5.53. The second-order valence-corrected chi connectivity index (χ2v) is 5.63. The number of ether oxygens (including phenoxy) is 2. The van der Waals surface area contributed by atoms with Gasteiger partial charge in [0.15, 0.2) is 5.79 Å². The van der Waals surface area contributed by atoms with Crippen molar-refractivity contribution < 1.29 is 14.3 Å². The fraction of sp³-hybridized carbons (Fsp3) is 0.917. The maximum absolute atomic E-state index is 10.7. The lowest BCUT2D eigenvalue weighted by Crippen LogP contribution is -2.49. The van der Waals surface area contributed by atoms with Crippen LogP contribution in [0.2, 0.25) is 0 Å². The molecule has 0 bridgehead atoms. The Balaban J connectivity index is 1.91. The fourth-order valence-electron chi connectivity index (χ4n) is 2.24. The van der Waals surface area contributed by atoms with Crippen molar-refractivity contribution >= 4 is 6.29 Å². The molecule has 1 saturated heterocycles. The minimum Gasteiger partial charge on any atom is -0.349 e. The summed E-state index contributed by atoms with van der Waals surface area (Å²) in [5, 5.41) is 0. The van der Waals surface area contributed by atoms with Crippen LogP contribution in [0.4, 0.5) is 0 Å². The van der Waals surface area contributed by atoms with Gasteiger partial charge in [-0.05, 0) is 12.8 Å². The molecule has 2 fully saturated rings. The molecule has 0 aromatic carbocycles. The average molecular weight is 212 g/mol. The number of aldehydes is 1. The van der Waals surface area contributed by atoms with Crippen LogP contribution >= 0.6 is 0 Å². The third-order valence-corrected chi connectivity index (χ3v) is 3.44. The number of hydrogen-bond donors (Lipinski definition) is 0. The standard InChI is InChI=1S/C12H20O3/c1-11(2)8-14-12(15-9-11)5-3-10(7-13)4-6-12/h7,10H,3-6,8-9H2,1-2H3. The van der Waals surface area contributed by atoms with Crippen LogP contribution in [0.5, 0.6) is 0 Å². The molecule has 3 nitrogen and oxygen atoms in total. The van der Waals surface area contributed by atoms with Gasteiger partial charge in [-0.15, -0.1) is 0 Å². The fourth-order valence-corrected chi connectivity index (χ4v) is 2.24. The molecule has 2 aliphatic rings. The third-order valence-electron chi connectivity index (χ3n) is 3.44. The van der Waals surface area contributed by atoms with Crippen molar-refractivity contribution in [3.63, 3.8) is 0 Å². The van der Waals surface area contributed by atoms with Crippen LogP contribution in [0, 0.1) is 11.3 Å². The predicted molar refractivity (Wildman–Crippen MR) is 56.4 cm³/mol. The summed E-state index contributed by atoms with van der Waals surface area (Å²) in [4.78, 5) is 10.7. The van der Waals surface area contributed by atoms with E-state index < -0.39 is 0 Å². The van der Waals surface area contributed by atoms with Gasteiger partial charge in [-0.3, -0.25) is 0 Å². The lowest BCUT2D eigenvalue weighted by molar-refractivity contribution is -0.311. The van der Waals surface area contributed by atoms with Crippen LogP contribution in [-0.4, -0.2) is 25.3 Å². The molecule has 1 saturated carbocycles. The Bertz CT molecular complexity index is 227. The van der Waals surface area contributed by atoms with Gasteiger partial charge >= 0.3 is 0 Å². The average Bonchev–Trinajstić information content (AvgIpc) is 2.24. The van der Waals surface area contributed by atoms with Gasteiger partial charge in [-0.1, -0.05) is 13.8 Å². The molecule has 0 N–H and O–H groups in total. The van der Waals surface area contributed by atoms with Gasteiger partial charge in [-0.25, -0.2) is 0 Å². The molecule has 86 valence electrons.